The van der Waals surface area contributed by atoms with E-state index in [0.29, 0.717) is 0 Å². The predicted octanol–water partition coefficient (Wildman–Crippen LogP) is 3.08. The van der Waals surface area contributed by atoms with Crippen LogP contribution in [0.4, 0.5) is 5.82 Å². The first kappa shape index (κ1) is 14.1. The second-order valence-corrected chi connectivity index (χ2v) is 6.02. The van der Waals surface area contributed by atoms with Crippen molar-refractivity contribution in [3.05, 3.63) is 30.5 Å². The van der Waals surface area contributed by atoms with Crippen molar-refractivity contribution in [1.29, 1.82) is 0 Å². The Balaban J connectivity index is 1.61. The summed E-state index contributed by atoms with van der Waals surface area (Å²) >= 11 is 0. The van der Waals surface area contributed by atoms with E-state index in [0.717, 1.165) is 35.6 Å². The Morgan fingerprint density at radius 2 is 2.10 bits per heavy atom. The van der Waals surface area contributed by atoms with Crippen molar-refractivity contribution in [1.82, 2.24) is 9.88 Å². The van der Waals surface area contributed by atoms with Gasteiger partial charge in [0.1, 0.15) is 11.6 Å². The lowest BCUT2D eigenvalue weighted by Gasteiger charge is -2.30. The molecule has 2 aromatic rings. The maximum atomic E-state index is 9.65. The van der Waals surface area contributed by atoms with E-state index in [9.17, 15) is 5.11 Å². The smallest absolute Gasteiger partial charge is 0.133 e. The molecule has 0 unspecified atom stereocenters. The minimum atomic E-state index is 0.281. The molecule has 0 bridgehead atoms. The van der Waals surface area contributed by atoms with Gasteiger partial charge in [-0.1, -0.05) is 13.0 Å². The molecule has 1 aliphatic rings. The van der Waals surface area contributed by atoms with E-state index < -0.39 is 0 Å². The standard InChI is InChI=1S/C17H23N3O/c1-13-5-9-20(10-6-13)11-8-19-17-16-12-15(21)3-2-14(16)4-7-18-17/h2-4,7,12-13,21H,5-6,8-11H2,1H3,(H,18,19). The molecule has 1 aromatic heterocycles. The Kier molecular flexibility index (Phi) is 4.25. The zero-order valence-corrected chi connectivity index (χ0v) is 12.5. The van der Waals surface area contributed by atoms with Gasteiger partial charge in [-0.15, -0.1) is 0 Å². The molecule has 1 saturated heterocycles. The second kappa shape index (κ2) is 6.31. The number of hydrogen-bond donors (Lipinski definition) is 2. The van der Waals surface area contributed by atoms with Crippen LogP contribution in [0.1, 0.15) is 19.8 Å². The monoisotopic (exact) mass is 285 g/mol. The minimum Gasteiger partial charge on any atom is -0.508 e. The molecule has 4 nitrogen and oxygen atoms in total. The van der Waals surface area contributed by atoms with Crippen LogP contribution in [0.3, 0.4) is 0 Å². The number of anilines is 1. The Hall–Kier alpha value is -1.81. The van der Waals surface area contributed by atoms with E-state index >= 15 is 0 Å². The van der Waals surface area contributed by atoms with Crippen molar-refractivity contribution in [3.63, 3.8) is 0 Å². The molecule has 1 aliphatic heterocycles. The van der Waals surface area contributed by atoms with Crippen LogP contribution in [0.25, 0.3) is 10.8 Å². The molecule has 2 heterocycles. The van der Waals surface area contributed by atoms with Gasteiger partial charge < -0.3 is 15.3 Å². The van der Waals surface area contributed by atoms with E-state index in [1.54, 1.807) is 12.1 Å². The summed E-state index contributed by atoms with van der Waals surface area (Å²) in [5.74, 6) is 2.01. The number of benzene rings is 1. The van der Waals surface area contributed by atoms with Crippen LogP contribution in [0.5, 0.6) is 5.75 Å². The fraction of sp³-hybridized carbons (Fsp3) is 0.471. The maximum absolute atomic E-state index is 9.65. The van der Waals surface area contributed by atoms with Crippen LogP contribution in [0.15, 0.2) is 30.5 Å². The van der Waals surface area contributed by atoms with Gasteiger partial charge in [0.15, 0.2) is 0 Å². The number of aromatic hydroxyl groups is 1. The fourth-order valence-corrected chi connectivity index (χ4v) is 2.92. The number of fused-ring (bicyclic) bond motifs is 1. The third-order valence-corrected chi connectivity index (χ3v) is 4.35. The number of rotatable bonds is 4. The lowest BCUT2D eigenvalue weighted by Crippen LogP contribution is -2.36. The molecule has 0 atom stereocenters. The molecule has 3 rings (SSSR count). The Morgan fingerprint density at radius 1 is 1.29 bits per heavy atom. The van der Waals surface area contributed by atoms with Crippen LogP contribution in [0, 0.1) is 5.92 Å². The van der Waals surface area contributed by atoms with Crippen molar-refractivity contribution in [2.45, 2.75) is 19.8 Å². The van der Waals surface area contributed by atoms with Gasteiger partial charge in [0.25, 0.3) is 0 Å². The van der Waals surface area contributed by atoms with Crippen LogP contribution in [-0.2, 0) is 0 Å². The van der Waals surface area contributed by atoms with Gasteiger partial charge in [-0.05, 0) is 55.4 Å². The van der Waals surface area contributed by atoms with Crippen molar-refractivity contribution in [2.75, 3.05) is 31.5 Å². The van der Waals surface area contributed by atoms with Crippen LogP contribution < -0.4 is 5.32 Å². The molecular formula is C17H23N3O. The highest BCUT2D eigenvalue weighted by Crippen LogP contribution is 2.25. The zero-order valence-electron chi connectivity index (χ0n) is 12.5. The third-order valence-electron chi connectivity index (χ3n) is 4.35. The molecule has 1 fully saturated rings. The highest BCUT2D eigenvalue weighted by atomic mass is 16.3. The SMILES string of the molecule is CC1CCN(CCNc2nccc3ccc(O)cc23)CC1. The van der Waals surface area contributed by atoms with Gasteiger partial charge >= 0.3 is 0 Å². The van der Waals surface area contributed by atoms with Crippen molar-refractivity contribution in [3.8, 4) is 5.75 Å². The molecular weight excluding hydrogens is 262 g/mol. The highest BCUT2D eigenvalue weighted by molar-refractivity contribution is 5.92. The molecule has 0 radical (unpaired) electrons. The number of piperidine rings is 1. The largest absolute Gasteiger partial charge is 0.508 e. The van der Waals surface area contributed by atoms with Gasteiger partial charge in [0.05, 0.1) is 0 Å². The van der Waals surface area contributed by atoms with Gasteiger partial charge in [-0.25, -0.2) is 4.98 Å². The Morgan fingerprint density at radius 3 is 2.90 bits per heavy atom. The molecule has 4 heteroatoms. The van der Waals surface area contributed by atoms with Crippen LogP contribution in [-0.4, -0.2) is 41.2 Å². The molecule has 0 amide bonds. The number of nitrogens with one attached hydrogen (secondary N) is 1. The number of likely N-dealkylation sites (tertiary alicyclic amines) is 1. The van der Waals surface area contributed by atoms with E-state index in [1.807, 2.05) is 18.3 Å². The molecule has 0 spiro atoms. The molecule has 0 aliphatic carbocycles. The van der Waals surface area contributed by atoms with E-state index in [2.05, 4.69) is 22.1 Å². The summed E-state index contributed by atoms with van der Waals surface area (Å²) in [4.78, 5) is 6.91. The first-order valence-corrected chi connectivity index (χ1v) is 7.76. The Bertz CT molecular complexity index is 606. The quantitative estimate of drug-likeness (QED) is 0.906. The van der Waals surface area contributed by atoms with Gasteiger partial charge in [-0.2, -0.15) is 0 Å². The van der Waals surface area contributed by atoms with E-state index in [-0.39, 0.29) is 5.75 Å². The van der Waals surface area contributed by atoms with Gasteiger partial charge in [0.2, 0.25) is 0 Å². The number of phenols is 1. The number of aromatic nitrogens is 1. The zero-order chi connectivity index (χ0) is 14.7. The average Bonchev–Trinajstić information content (AvgIpc) is 2.50. The summed E-state index contributed by atoms with van der Waals surface area (Å²) in [6.07, 6.45) is 4.42. The number of hydrogen-bond acceptors (Lipinski definition) is 4. The third kappa shape index (κ3) is 3.45. The summed E-state index contributed by atoms with van der Waals surface area (Å²) in [5, 5.41) is 15.1. The van der Waals surface area contributed by atoms with Crippen molar-refractivity contribution >= 4 is 16.6 Å². The number of nitrogens with zero attached hydrogens (tertiary/aromatic N) is 2. The normalized spacial score (nSPS) is 17.2. The summed E-state index contributed by atoms with van der Waals surface area (Å²) in [6.45, 7) is 6.67. The minimum absolute atomic E-state index is 0.281. The lowest BCUT2D eigenvalue weighted by atomic mass is 9.99. The van der Waals surface area contributed by atoms with Crippen LogP contribution in [0.2, 0.25) is 0 Å². The van der Waals surface area contributed by atoms with E-state index in [4.69, 9.17) is 0 Å². The summed E-state index contributed by atoms with van der Waals surface area (Å²) < 4.78 is 0. The first-order valence-electron chi connectivity index (χ1n) is 7.76. The van der Waals surface area contributed by atoms with E-state index in [1.165, 1.54) is 25.9 Å². The lowest BCUT2D eigenvalue weighted by molar-refractivity contribution is 0.199. The second-order valence-electron chi connectivity index (χ2n) is 6.02. The van der Waals surface area contributed by atoms with Crippen molar-refractivity contribution < 1.29 is 5.11 Å². The molecule has 112 valence electrons. The molecule has 2 N–H and O–H groups in total. The average molecular weight is 285 g/mol. The molecule has 21 heavy (non-hydrogen) atoms. The molecule has 1 aromatic carbocycles. The first-order chi connectivity index (χ1) is 10.2. The summed E-state index contributed by atoms with van der Waals surface area (Å²) in [6, 6.07) is 7.36. The summed E-state index contributed by atoms with van der Waals surface area (Å²) in [5.41, 5.74) is 0. The van der Waals surface area contributed by atoms with Crippen molar-refractivity contribution in [2.24, 2.45) is 5.92 Å². The maximum Gasteiger partial charge on any atom is 0.133 e. The highest BCUT2D eigenvalue weighted by Gasteiger charge is 2.15. The number of phenolic OH excluding ortho intramolecular Hbond substituents is 1. The summed E-state index contributed by atoms with van der Waals surface area (Å²) in [7, 11) is 0. The molecule has 0 saturated carbocycles. The Labute approximate surface area is 125 Å². The van der Waals surface area contributed by atoms with Gasteiger partial charge in [0, 0.05) is 24.7 Å². The van der Waals surface area contributed by atoms with Gasteiger partial charge in [-0.3, -0.25) is 0 Å². The predicted molar refractivity (Wildman–Crippen MR) is 86.7 cm³/mol. The fourth-order valence-electron chi connectivity index (χ4n) is 2.92. The number of pyridine rings is 1. The topological polar surface area (TPSA) is 48.4 Å². The van der Waals surface area contributed by atoms with Crippen LogP contribution >= 0.6 is 0 Å².